The third-order valence-corrected chi connectivity index (χ3v) is 5.50. The van der Waals surface area contributed by atoms with Crippen molar-refractivity contribution in [1.82, 2.24) is 5.32 Å². The summed E-state index contributed by atoms with van der Waals surface area (Å²) >= 11 is 0. The summed E-state index contributed by atoms with van der Waals surface area (Å²) < 4.78 is 17.0. The molecule has 3 aromatic rings. The Kier molecular flexibility index (Phi) is 7.41. The lowest BCUT2D eigenvalue weighted by atomic mass is 10.0. The maximum absolute atomic E-state index is 11.8. The van der Waals surface area contributed by atoms with E-state index in [1.807, 2.05) is 48.5 Å². The van der Waals surface area contributed by atoms with Crippen molar-refractivity contribution in [2.75, 3.05) is 19.7 Å². The first-order chi connectivity index (χ1) is 15.7. The summed E-state index contributed by atoms with van der Waals surface area (Å²) in [4.78, 5) is 11.8. The molecule has 0 spiro atoms. The summed E-state index contributed by atoms with van der Waals surface area (Å²) in [5, 5.41) is 3.35. The third kappa shape index (κ3) is 5.89. The van der Waals surface area contributed by atoms with E-state index in [-0.39, 0.29) is 5.97 Å². The zero-order chi connectivity index (χ0) is 22.2. The van der Waals surface area contributed by atoms with Gasteiger partial charge in [-0.3, -0.25) is 0 Å². The van der Waals surface area contributed by atoms with Gasteiger partial charge >= 0.3 is 5.97 Å². The van der Waals surface area contributed by atoms with Crippen molar-refractivity contribution in [3.8, 4) is 22.6 Å². The highest BCUT2D eigenvalue weighted by Gasteiger charge is 2.14. The van der Waals surface area contributed by atoms with Gasteiger partial charge in [-0.2, -0.15) is 0 Å². The molecular weight excluding hydrogens is 402 g/mol. The van der Waals surface area contributed by atoms with Crippen molar-refractivity contribution in [1.29, 1.82) is 0 Å². The predicted octanol–water partition coefficient (Wildman–Crippen LogP) is 5.24. The Morgan fingerprint density at radius 2 is 1.44 bits per heavy atom. The van der Waals surface area contributed by atoms with Gasteiger partial charge in [0.1, 0.15) is 24.2 Å². The van der Waals surface area contributed by atoms with Crippen LogP contribution in [0.4, 0.5) is 0 Å². The number of piperidine rings is 1. The molecule has 1 aliphatic heterocycles. The van der Waals surface area contributed by atoms with E-state index in [0.29, 0.717) is 24.9 Å². The highest BCUT2D eigenvalue weighted by Crippen LogP contribution is 2.24. The van der Waals surface area contributed by atoms with Gasteiger partial charge in [0.05, 0.1) is 12.2 Å². The van der Waals surface area contributed by atoms with Crippen molar-refractivity contribution in [2.24, 2.45) is 0 Å². The molecule has 3 aromatic carbocycles. The minimum Gasteiger partial charge on any atom is -0.490 e. The fraction of sp³-hybridized carbons (Fsp3) is 0.296. The van der Waals surface area contributed by atoms with Crippen LogP contribution in [0.5, 0.6) is 11.5 Å². The molecule has 0 bridgehead atoms. The van der Waals surface area contributed by atoms with Crippen LogP contribution >= 0.6 is 0 Å². The van der Waals surface area contributed by atoms with Gasteiger partial charge in [-0.05, 0) is 85.9 Å². The highest BCUT2D eigenvalue weighted by molar-refractivity contribution is 5.90. The molecule has 1 saturated heterocycles. The van der Waals surface area contributed by atoms with Gasteiger partial charge in [0.25, 0.3) is 0 Å². The fourth-order valence-corrected chi connectivity index (χ4v) is 3.69. The summed E-state index contributed by atoms with van der Waals surface area (Å²) in [6.07, 6.45) is 2.41. The first-order valence-electron chi connectivity index (χ1n) is 11.2. The van der Waals surface area contributed by atoms with Gasteiger partial charge in [-0.15, -0.1) is 0 Å². The lowest BCUT2D eigenvalue weighted by Gasteiger charge is -2.23. The van der Waals surface area contributed by atoms with Crippen LogP contribution in [-0.2, 0) is 11.3 Å². The van der Waals surface area contributed by atoms with Crippen LogP contribution in [0.15, 0.2) is 72.8 Å². The Bertz CT molecular complexity index is 991. The molecule has 1 N–H and O–H groups in total. The number of esters is 1. The summed E-state index contributed by atoms with van der Waals surface area (Å²) in [6.45, 7) is 4.72. The van der Waals surface area contributed by atoms with Crippen LogP contribution in [0.1, 0.15) is 35.7 Å². The Balaban J connectivity index is 1.29. The molecular formula is C27H29NO4. The molecule has 1 fully saturated rings. The minimum atomic E-state index is -0.298. The van der Waals surface area contributed by atoms with Crippen LogP contribution in [0.3, 0.4) is 0 Å². The Hall–Kier alpha value is -3.31. The zero-order valence-corrected chi connectivity index (χ0v) is 18.4. The number of nitrogens with one attached hydrogen (secondary N) is 1. The number of carbonyl (C=O) groups is 1. The Labute approximate surface area is 189 Å². The van der Waals surface area contributed by atoms with E-state index in [9.17, 15) is 4.79 Å². The molecule has 0 saturated carbocycles. The smallest absolute Gasteiger partial charge is 0.338 e. The average Bonchev–Trinajstić information content (AvgIpc) is 2.85. The molecule has 0 amide bonds. The number of hydrogen-bond acceptors (Lipinski definition) is 5. The second kappa shape index (κ2) is 10.8. The van der Waals surface area contributed by atoms with Gasteiger partial charge < -0.3 is 19.5 Å². The van der Waals surface area contributed by atoms with E-state index >= 15 is 0 Å². The van der Waals surface area contributed by atoms with Gasteiger partial charge in [0, 0.05) is 0 Å². The molecule has 4 rings (SSSR count). The fourth-order valence-electron chi connectivity index (χ4n) is 3.69. The topological polar surface area (TPSA) is 56.8 Å². The first-order valence-corrected chi connectivity index (χ1v) is 11.2. The molecule has 0 aromatic heterocycles. The van der Waals surface area contributed by atoms with Crippen LogP contribution in [0.2, 0.25) is 0 Å². The number of hydrogen-bond donors (Lipinski definition) is 1. The summed E-state index contributed by atoms with van der Waals surface area (Å²) in [5.74, 6) is 1.43. The first kappa shape index (κ1) is 21.9. The number of ether oxygens (including phenoxy) is 3. The molecule has 1 heterocycles. The van der Waals surface area contributed by atoms with Crippen molar-refractivity contribution < 1.29 is 19.0 Å². The molecule has 0 atom stereocenters. The van der Waals surface area contributed by atoms with E-state index < -0.39 is 0 Å². The maximum atomic E-state index is 11.8. The highest BCUT2D eigenvalue weighted by atomic mass is 16.5. The molecule has 0 aliphatic carbocycles. The number of carbonyl (C=O) groups excluding carboxylic acids is 1. The van der Waals surface area contributed by atoms with Crippen LogP contribution < -0.4 is 14.8 Å². The second-order valence-corrected chi connectivity index (χ2v) is 7.82. The van der Waals surface area contributed by atoms with Crippen LogP contribution in [-0.4, -0.2) is 31.8 Å². The third-order valence-electron chi connectivity index (χ3n) is 5.50. The zero-order valence-electron chi connectivity index (χ0n) is 18.4. The standard InChI is InChI=1S/C27H29NO4/c1-2-30-27(29)23-7-5-21(6-8-23)22-9-13-24(14-10-22)31-19-20-3-11-25(12-4-20)32-26-15-17-28-18-16-26/h3-14,26,28H,2,15-19H2,1H3. The van der Waals surface area contributed by atoms with E-state index in [1.54, 1.807) is 19.1 Å². The van der Waals surface area contributed by atoms with Crippen molar-refractivity contribution >= 4 is 5.97 Å². The van der Waals surface area contributed by atoms with Gasteiger partial charge in [0.15, 0.2) is 0 Å². The molecule has 5 heteroatoms. The van der Waals surface area contributed by atoms with Gasteiger partial charge in [-0.25, -0.2) is 4.79 Å². The quantitative estimate of drug-likeness (QED) is 0.494. The lowest BCUT2D eigenvalue weighted by Crippen LogP contribution is -2.34. The molecule has 32 heavy (non-hydrogen) atoms. The molecule has 0 unspecified atom stereocenters. The van der Waals surface area contributed by atoms with E-state index in [4.69, 9.17) is 14.2 Å². The minimum absolute atomic E-state index is 0.298. The summed E-state index contributed by atoms with van der Waals surface area (Å²) in [7, 11) is 0. The molecule has 5 nitrogen and oxygen atoms in total. The van der Waals surface area contributed by atoms with E-state index in [1.165, 1.54) is 0 Å². The van der Waals surface area contributed by atoms with E-state index in [2.05, 4.69) is 17.4 Å². The van der Waals surface area contributed by atoms with Gasteiger partial charge in [-0.1, -0.05) is 36.4 Å². The van der Waals surface area contributed by atoms with E-state index in [0.717, 1.165) is 54.1 Å². The number of rotatable bonds is 8. The van der Waals surface area contributed by atoms with Gasteiger partial charge in [0.2, 0.25) is 0 Å². The predicted molar refractivity (Wildman–Crippen MR) is 125 cm³/mol. The van der Waals surface area contributed by atoms with Crippen molar-refractivity contribution in [3.05, 3.63) is 83.9 Å². The molecule has 0 radical (unpaired) electrons. The summed E-state index contributed by atoms with van der Waals surface area (Å²) in [6, 6.07) is 23.5. The van der Waals surface area contributed by atoms with Crippen LogP contribution in [0, 0.1) is 0 Å². The second-order valence-electron chi connectivity index (χ2n) is 7.82. The van der Waals surface area contributed by atoms with Crippen LogP contribution in [0.25, 0.3) is 11.1 Å². The SMILES string of the molecule is CCOC(=O)c1ccc(-c2ccc(OCc3ccc(OC4CCNCC4)cc3)cc2)cc1. The maximum Gasteiger partial charge on any atom is 0.338 e. The molecule has 166 valence electrons. The molecule has 1 aliphatic rings. The Morgan fingerprint density at radius 1 is 0.844 bits per heavy atom. The monoisotopic (exact) mass is 431 g/mol. The average molecular weight is 432 g/mol. The lowest BCUT2D eigenvalue weighted by molar-refractivity contribution is 0.0526. The number of benzene rings is 3. The van der Waals surface area contributed by atoms with Crippen molar-refractivity contribution in [3.63, 3.8) is 0 Å². The normalized spacial score (nSPS) is 14.0. The Morgan fingerprint density at radius 3 is 2.06 bits per heavy atom. The summed E-state index contributed by atoms with van der Waals surface area (Å²) in [5.41, 5.74) is 3.75. The van der Waals surface area contributed by atoms with Crippen molar-refractivity contribution in [2.45, 2.75) is 32.5 Å². The largest absolute Gasteiger partial charge is 0.490 e.